The van der Waals surface area contributed by atoms with Gasteiger partial charge in [-0.3, -0.25) is 0 Å². The minimum atomic E-state index is -0.147. The lowest BCUT2D eigenvalue weighted by Gasteiger charge is -2.25. The van der Waals surface area contributed by atoms with Crippen molar-refractivity contribution in [3.8, 4) is 0 Å². The van der Waals surface area contributed by atoms with E-state index in [2.05, 4.69) is 12.2 Å². The molecule has 0 saturated carbocycles. The summed E-state index contributed by atoms with van der Waals surface area (Å²) in [6.07, 6.45) is 2.15. The smallest absolute Gasteiger partial charge is 0.128 e. The van der Waals surface area contributed by atoms with E-state index >= 15 is 0 Å². The van der Waals surface area contributed by atoms with Crippen molar-refractivity contribution < 1.29 is 4.39 Å². The molecule has 1 aliphatic heterocycles. The van der Waals surface area contributed by atoms with Gasteiger partial charge in [-0.1, -0.05) is 18.2 Å². The van der Waals surface area contributed by atoms with Gasteiger partial charge < -0.3 is 5.32 Å². The fourth-order valence-corrected chi connectivity index (χ4v) is 2.03. The van der Waals surface area contributed by atoms with Crippen LogP contribution in [0.2, 0.25) is 0 Å². The zero-order chi connectivity index (χ0) is 9.31. The molecule has 1 aliphatic rings. The molecule has 1 heterocycles. The standard InChI is InChI=1S/C11H14FN/c1-11(7-4-8-13-11)9-5-2-3-6-10(9)12/h2-3,5-6,13H,4,7-8H2,1H3/t11-/m0/s1. The average molecular weight is 179 g/mol. The van der Waals surface area contributed by atoms with Crippen LogP contribution in [0.3, 0.4) is 0 Å². The molecule has 1 fully saturated rings. The first-order valence-corrected chi connectivity index (χ1v) is 4.72. The summed E-state index contributed by atoms with van der Waals surface area (Å²) < 4.78 is 13.4. The van der Waals surface area contributed by atoms with Crippen LogP contribution in [0.25, 0.3) is 0 Å². The molecule has 0 aromatic heterocycles. The summed E-state index contributed by atoms with van der Waals surface area (Å²) in [5.41, 5.74) is 0.651. The summed E-state index contributed by atoms with van der Waals surface area (Å²) in [6, 6.07) is 7.02. The molecular weight excluding hydrogens is 165 g/mol. The number of nitrogens with one attached hydrogen (secondary N) is 1. The third kappa shape index (κ3) is 1.46. The van der Waals surface area contributed by atoms with Crippen molar-refractivity contribution in [2.24, 2.45) is 0 Å². The minimum Gasteiger partial charge on any atom is -0.308 e. The van der Waals surface area contributed by atoms with Gasteiger partial charge in [-0.2, -0.15) is 0 Å². The Labute approximate surface area is 78.0 Å². The Bertz CT molecular complexity index is 303. The summed E-state index contributed by atoms with van der Waals surface area (Å²) >= 11 is 0. The maximum Gasteiger partial charge on any atom is 0.128 e. The maximum atomic E-state index is 13.4. The second-order valence-electron chi connectivity index (χ2n) is 3.84. The highest BCUT2D eigenvalue weighted by atomic mass is 19.1. The zero-order valence-corrected chi connectivity index (χ0v) is 7.81. The number of hydrogen-bond acceptors (Lipinski definition) is 1. The predicted molar refractivity (Wildman–Crippen MR) is 51.0 cm³/mol. The van der Waals surface area contributed by atoms with E-state index in [1.165, 1.54) is 6.07 Å². The monoisotopic (exact) mass is 179 g/mol. The first kappa shape index (κ1) is 8.70. The highest BCUT2D eigenvalue weighted by Crippen LogP contribution is 2.31. The van der Waals surface area contributed by atoms with Gasteiger partial charge in [-0.15, -0.1) is 0 Å². The first-order valence-electron chi connectivity index (χ1n) is 4.72. The van der Waals surface area contributed by atoms with Gasteiger partial charge in [0, 0.05) is 11.1 Å². The highest BCUT2D eigenvalue weighted by molar-refractivity contribution is 5.26. The van der Waals surface area contributed by atoms with E-state index in [-0.39, 0.29) is 11.4 Å². The molecule has 1 aromatic rings. The van der Waals surface area contributed by atoms with E-state index in [1.807, 2.05) is 12.1 Å². The van der Waals surface area contributed by atoms with Gasteiger partial charge >= 0.3 is 0 Å². The molecule has 2 rings (SSSR count). The summed E-state index contributed by atoms with van der Waals surface area (Å²) in [5.74, 6) is -0.0978. The van der Waals surface area contributed by atoms with Crippen molar-refractivity contribution in [1.29, 1.82) is 0 Å². The average Bonchev–Trinajstić information content (AvgIpc) is 2.54. The summed E-state index contributed by atoms with van der Waals surface area (Å²) in [7, 11) is 0. The van der Waals surface area contributed by atoms with E-state index in [0.717, 1.165) is 24.9 Å². The van der Waals surface area contributed by atoms with Crippen LogP contribution in [0.4, 0.5) is 4.39 Å². The molecule has 1 nitrogen and oxygen atoms in total. The molecule has 0 radical (unpaired) electrons. The molecule has 0 bridgehead atoms. The second-order valence-corrected chi connectivity index (χ2v) is 3.84. The Hall–Kier alpha value is -0.890. The summed E-state index contributed by atoms with van der Waals surface area (Å²) in [6.45, 7) is 3.06. The van der Waals surface area contributed by atoms with E-state index in [9.17, 15) is 4.39 Å². The molecule has 1 aromatic carbocycles. The number of rotatable bonds is 1. The van der Waals surface area contributed by atoms with Crippen LogP contribution in [0.1, 0.15) is 25.3 Å². The fourth-order valence-electron chi connectivity index (χ4n) is 2.03. The van der Waals surface area contributed by atoms with E-state index in [1.54, 1.807) is 6.07 Å². The molecule has 1 N–H and O–H groups in total. The molecule has 1 saturated heterocycles. The predicted octanol–water partition coefficient (Wildman–Crippen LogP) is 2.42. The third-order valence-electron chi connectivity index (χ3n) is 2.84. The lowest BCUT2D eigenvalue weighted by atomic mass is 9.90. The number of hydrogen-bond donors (Lipinski definition) is 1. The largest absolute Gasteiger partial charge is 0.308 e. The lowest BCUT2D eigenvalue weighted by molar-refractivity contribution is 0.411. The van der Waals surface area contributed by atoms with Crippen molar-refractivity contribution in [3.63, 3.8) is 0 Å². The van der Waals surface area contributed by atoms with Crippen molar-refractivity contribution in [3.05, 3.63) is 35.6 Å². The van der Waals surface area contributed by atoms with Gasteiger partial charge in [0.2, 0.25) is 0 Å². The van der Waals surface area contributed by atoms with Gasteiger partial charge in [0.15, 0.2) is 0 Å². The van der Waals surface area contributed by atoms with Crippen LogP contribution in [-0.4, -0.2) is 6.54 Å². The van der Waals surface area contributed by atoms with Crippen molar-refractivity contribution >= 4 is 0 Å². The Morgan fingerprint density at radius 3 is 2.77 bits per heavy atom. The van der Waals surface area contributed by atoms with Crippen molar-refractivity contribution in [2.75, 3.05) is 6.54 Å². The van der Waals surface area contributed by atoms with E-state index < -0.39 is 0 Å². The van der Waals surface area contributed by atoms with Crippen LogP contribution >= 0.6 is 0 Å². The molecule has 0 spiro atoms. The number of halogens is 1. The normalized spacial score (nSPS) is 27.8. The minimum absolute atomic E-state index is 0.0978. The maximum absolute atomic E-state index is 13.4. The SMILES string of the molecule is C[C@@]1(c2ccccc2F)CCCN1. The second kappa shape index (κ2) is 3.11. The molecule has 0 unspecified atom stereocenters. The third-order valence-corrected chi connectivity index (χ3v) is 2.84. The molecule has 13 heavy (non-hydrogen) atoms. The fraction of sp³-hybridized carbons (Fsp3) is 0.455. The van der Waals surface area contributed by atoms with Crippen LogP contribution in [0, 0.1) is 5.82 Å². The molecule has 1 atom stereocenters. The van der Waals surface area contributed by atoms with E-state index in [4.69, 9.17) is 0 Å². The van der Waals surface area contributed by atoms with Crippen molar-refractivity contribution in [1.82, 2.24) is 5.32 Å². The lowest BCUT2D eigenvalue weighted by Crippen LogP contribution is -2.34. The zero-order valence-electron chi connectivity index (χ0n) is 7.81. The van der Waals surface area contributed by atoms with Gasteiger partial charge in [-0.25, -0.2) is 4.39 Å². The van der Waals surface area contributed by atoms with Crippen LogP contribution in [0.15, 0.2) is 24.3 Å². The quantitative estimate of drug-likeness (QED) is 0.698. The Balaban J connectivity index is 2.39. The van der Waals surface area contributed by atoms with Gasteiger partial charge in [0.1, 0.15) is 5.82 Å². The van der Waals surface area contributed by atoms with Gasteiger partial charge in [-0.05, 0) is 32.4 Å². The topological polar surface area (TPSA) is 12.0 Å². The first-order chi connectivity index (χ1) is 6.22. The Kier molecular flexibility index (Phi) is 2.08. The highest BCUT2D eigenvalue weighted by Gasteiger charge is 2.31. The molecular formula is C11H14FN. The molecule has 0 amide bonds. The van der Waals surface area contributed by atoms with Crippen LogP contribution in [0.5, 0.6) is 0 Å². The van der Waals surface area contributed by atoms with Gasteiger partial charge in [0.05, 0.1) is 0 Å². The van der Waals surface area contributed by atoms with Crippen LogP contribution < -0.4 is 5.32 Å². The van der Waals surface area contributed by atoms with Crippen molar-refractivity contribution in [2.45, 2.75) is 25.3 Å². The molecule has 2 heteroatoms. The number of benzene rings is 1. The van der Waals surface area contributed by atoms with E-state index in [0.29, 0.717) is 0 Å². The summed E-state index contributed by atoms with van der Waals surface area (Å²) in [5, 5.41) is 3.35. The van der Waals surface area contributed by atoms with Crippen LogP contribution in [-0.2, 0) is 5.54 Å². The summed E-state index contributed by atoms with van der Waals surface area (Å²) in [4.78, 5) is 0. The Morgan fingerprint density at radius 2 is 2.15 bits per heavy atom. The molecule has 70 valence electrons. The molecule has 0 aliphatic carbocycles. The van der Waals surface area contributed by atoms with Gasteiger partial charge in [0.25, 0.3) is 0 Å². The Morgan fingerprint density at radius 1 is 1.38 bits per heavy atom.